The summed E-state index contributed by atoms with van der Waals surface area (Å²) in [5.41, 5.74) is 0.670. The van der Waals surface area contributed by atoms with Crippen LogP contribution in [0.3, 0.4) is 0 Å². The molecule has 1 aliphatic rings. The maximum atomic E-state index is 12.4. The molecular formula is C19H28N2O5S. The van der Waals surface area contributed by atoms with Gasteiger partial charge in [-0.1, -0.05) is 30.3 Å². The number of carboxylic acid groups (broad SMARTS) is 1. The topological polar surface area (TPSA) is 104 Å². The van der Waals surface area contributed by atoms with Gasteiger partial charge >= 0.3 is 12.0 Å². The van der Waals surface area contributed by atoms with Gasteiger partial charge in [0.15, 0.2) is 9.84 Å². The normalized spacial score (nSPS) is 16.7. The van der Waals surface area contributed by atoms with Crippen LogP contribution in [0.25, 0.3) is 0 Å². The molecule has 0 saturated carbocycles. The van der Waals surface area contributed by atoms with E-state index in [1.54, 1.807) is 36.2 Å². The second-order valence-corrected chi connectivity index (χ2v) is 9.25. The second kappa shape index (κ2) is 9.73. The molecule has 1 atom stereocenters. The van der Waals surface area contributed by atoms with E-state index in [1.807, 2.05) is 6.07 Å². The highest BCUT2D eigenvalue weighted by molar-refractivity contribution is 7.90. The van der Waals surface area contributed by atoms with Crippen molar-refractivity contribution in [2.24, 2.45) is 11.8 Å². The number of nitrogens with one attached hydrogen (secondary N) is 1. The smallest absolute Gasteiger partial charge is 0.317 e. The number of piperidine rings is 1. The van der Waals surface area contributed by atoms with Crippen LogP contribution in [-0.2, 0) is 20.4 Å². The Kier molecular flexibility index (Phi) is 7.65. The zero-order valence-corrected chi connectivity index (χ0v) is 16.5. The van der Waals surface area contributed by atoms with Crippen LogP contribution in [0, 0.1) is 11.8 Å². The Morgan fingerprint density at radius 2 is 1.85 bits per heavy atom. The molecule has 0 aliphatic carbocycles. The minimum atomic E-state index is -3.50. The van der Waals surface area contributed by atoms with Gasteiger partial charge in [0.05, 0.1) is 17.4 Å². The van der Waals surface area contributed by atoms with Crippen molar-refractivity contribution in [2.75, 3.05) is 25.9 Å². The number of aliphatic carboxylic acids is 1. The first-order valence-electron chi connectivity index (χ1n) is 9.24. The maximum Gasteiger partial charge on any atom is 0.317 e. The largest absolute Gasteiger partial charge is 0.481 e. The first-order chi connectivity index (χ1) is 12.8. The van der Waals surface area contributed by atoms with Gasteiger partial charge in [-0.05, 0) is 37.2 Å². The number of carbonyl (C=O) groups is 2. The lowest BCUT2D eigenvalue weighted by atomic mass is 9.89. The van der Waals surface area contributed by atoms with Crippen molar-refractivity contribution in [2.45, 2.75) is 31.4 Å². The van der Waals surface area contributed by atoms with Crippen LogP contribution < -0.4 is 5.32 Å². The number of sulfone groups is 1. The van der Waals surface area contributed by atoms with Crippen LogP contribution in [0.5, 0.6) is 0 Å². The Hall–Kier alpha value is -2.09. The van der Waals surface area contributed by atoms with Gasteiger partial charge in [-0.2, -0.15) is 0 Å². The van der Waals surface area contributed by atoms with Gasteiger partial charge < -0.3 is 15.3 Å². The predicted octanol–water partition coefficient (Wildman–Crippen LogP) is 2.13. The van der Waals surface area contributed by atoms with E-state index in [-0.39, 0.29) is 17.5 Å². The lowest BCUT2D eigenvalue weighted by molar-refractivity contribution is -0.141. The van der Waals surface area contributed by atoms with Crippen LogP contribution in [-0.4, -0.2) is 56.3 Å². The summed E-state index contributed by atoms with van der Waals surface area (Å²) in [5, 5.41) is 12.1. The van der Waals surface area contributed by atoms with E-state index in [4.69, 9.17) is 0 Å². The van der Waals surface area contributed by atoms with E-state index in [0.29, 0.717) is 37.4 Å². The molecule has 0 radical (unpaired) electrons. The molecule has 2 amide bonds. The number of amides is 2. The van der Waals surface area contributed by atoms with Crippen molar-refractivity contribution in [3.8, 4) is 0 Å². The Bertz CT molecular complexity index is 728. The summed E-state index contributed by atoms with van der Waals surface area (Å²) < 4.78 is 24.8. The molecule has 0 unspecified atom stereocenters. The van der Waals surface area contributed by atoms with Crippen LogP contribution in [0.15, 0.2) is 30.3 Å². The number of hydrogen-bond donors (Lipinski definition) is 2. The Balaban J connectivity index is 1.85. The fourth-order valence-corrected chi connectivity index (χ4v) is 5.23. The van der Waals surface area contributed by atoms with E-state index in [0.717, 1.165) is 12.8 Å². The molecule has 0 spiro atoms. The summed E-state index contributed by atoms with van der Waals surface area (Å²) in [6, 6.07) is 8.71. The minimum absolute atomic E-state index is 0.0936. The molecule has 0 aromatic heterocycles. The van der Waals surface area contributed by atoms with Gasteiger partial charge in [-0.3, -0.25) is 4.79 Å². The quantitative estimate of drug-likeness (QED) is 0.701. The number of nitrogens with zero attached hydrogens (tertiary/aromatic N) is 1. The SMILES string of the molecule is CNC(=O)N1CCC(CC[C@@H](CS(=O)(=O)Cc2ccccc2)C(=O)O)CC1. The van der Waals surface area contributed by atoms with Crippen LogP contribution in [0.2, 0.25) is 0 Å². The molecule has 1 heterocycles. The molecule has 0 bridgehead atoms. The fraction of sp³-hybridized carbons (Fsp3) is 0.579. The van der Waals surface area contributed by atoms with Gasteiger partial charge in [0, 0.05) is 20.1 Å². The number of carboxylic acids is 1. The molecule has 1 fully saturated rings. The summed E-state index contributed by atoms with van der Waals surface area (Å²) in [7, 11) is -1.90. The lowest BCUT2D eigenvalue weighted by Gasteiger charge is -2.32. The van der Waals surface area contributed by atoms with Crippen LogP contribution in [0.1, 0.15) is 31.2 Å². The molecule has 7 nitrogen and oxygen atoms in total. The average molecular weight is 397 g/mol. The van der Waals surface area contributed by atoms with E-state index in [9.17, 15) is 23.1 Å². The van der Waals surface area contributed by atoms with E-state index < -0.39 is 21.7 Å². The molecular weight excluding hydrogens is 368 g/mol. The molecule has 2 rings (SSSR count). The number of likely N-dealkylation sites (tertiary alicyclic amines) is 1. The Morgan fingerprint density at radius 1 is 1.22 bits per heavy atom. The molecule has 150 valence electrons. The zero-order chi connectivity index (χ0) is 19.9. The van der Waals surface area contributed by atoms with Crippen LogP contribution >= 0.6 is 0 Å². The number of rotatable bonds is 8. The highest BCUT2D eigenvalue weighted by Crippen LogP contribution is 2.25. The maximum absolute atomic E-state index is 12.4. The second-order valence-electron chi connectivity index (χ2n) is 7.14. The Labute approximate surface area is 160 Å². The molecule has 1 aromatic rings. The summed E-state index contributed by atoms with van der Waals surface area (Å²) in [4.78, 5) is 24.9. The third-order valence-corrected chi connectivity index (χ3v) is 6.76. The number of urea groups is 1. The van der Waals surface area contributed by atoms with E-state index in [1.165, 1.54) is 0 Å². The molecule has 8 heteroatoms. The monoisotopic (exact) mass is 396 g/mol. The third-order valence-electron chi connectivity index (χ3n) is 5.07. The molecule has 2 N–H and O–H groups in total. The van der Waals surface area contributed by atoms with E-state index in [2.05, 4.69) is 5.32 Å². The van der Waals surface area contributed by atoms with Crippen molar-refractivity contribution >= 4 is 21.8 Å². The van der Waals surface area contributed by atoms with Gasteiger partial charge in [0.2, 0.25) is 0 Å². The highest BCUT2D eigenvalue weighted by atomic mass is 32.2. The summed E-state index contributed by atoms with van der Waals surface area (Å²) in [6.45, 7) is 1.29. The fourth-order valence-electron chi connectivity index (χ4n) is 3.49. The van der Waals surface area contributed by atoms with E-state index >= 15 is 0 Å². The summed E-state index contributed by atoms with van der Waals surface area (Å²) in [6.07, 6.45) is 2.64. The summed E-state index contributed by atoms with van der Waals surface area (Å²) >= 11 is 0. The number of carbonyl (C=O) groups excluding carboxylic acids is 1. The van der Waals surface area contributed by atoms with Gasteiger partial charge in [0.25, 0.3) is 0 Å². The van der Waals surface area contributed by atoms with Crippen molar-refractivity contribution in [1.29, 1.82) is 0 Å². The average Bonchev–Trinajstić information content (AvgIpc) is 2.65. The first kappa shape index (κ1) is 21.2. The van der Waals surface area contributed by atoms with Crippen molar-refractivity contribution < 1.29 is 23.1 Å². The third kappa shape index (κ3) is 6.86. The molecule has 27 heavy (non-hydrogen) atoms. The van der Waals surface area contributed by atoms with Gasteiger partial charge in [0.1, 0.15) is 0 Å². The molecule has 1 aliphatic heterocycles. The molecule has 1 aromatic carbocycles. The standard InChI is InChI=1S/C19H28N2O5S/c1-20-19(24)21-11-9-15(10-12-21)7-8-17(18(22)23)14-27(25,26)13-16-5-3-2-4-6-16/h2-6,15,17H,7-14H2,1H3,(H,20,24)(H,22,23)/t17-/m0/s1. The first-order valence-corrected chi connectivity index (χ1v) is 11.1. The van der Waals surface area contributed by atoms with Crippen molar-refractivity contribution in [1.82, 2.24) is 10.2 Å². The zero-order valence-electron chi connectivity index (χ0n) is 15.6. The van der Waals surface area contributed by atoms with Crippen LogP contribution in [0.4, 0.5) is 4.79 Å². The van der Waals surface area contributed by atoms with Crippen molar-refractivity contribution in [3.63, 3.8) is 0 Å². The van der Waals surface area contributed by atoms with Crippen molar-refractivity contribution in [3.05, 3.63) is 35.9 Å². The van der Waals surface area contributed by atoms with Gasteiger partial charge in [-0.15, -0.1) is 0 Å². The number of hydrogen-bond acceptors (Lipinski definition) is 4. The summed E-state index contributed by atoms with van der Waals surface area (Å²) in [5.74, 6) is -2.11. The van der Waals surface area contributed by atoms with Gasteiger partial charge in [-0.25, -0.2) is 13.2 Å². The number of benzene rings is 1. The highest BCUT2D eigenvalue weighted by Gasteiger charge is 2.28. The minimum Gasteiger partial charge on any atom is -0.481 e. The molecule has 1 saturated heterocycles. The predicted molar refractivity (Wildman–Crippen MR) is 103 cm³/mol. The Morgan fingerprint density at radius 3 is 2.41 bits per heavy atom. The lowest BCUT2D eigenvalue weighted by Crippen LogP contribution is -2.43.